The number of amides is 3. The van der Waals surface area contributed by atoms with Crippen LogP contribution in [0.2, 0.25) is 5.02 Å². The first-order valence-electron chi connectivity index (χ1n) is 9.27. The molecule has 0 unspecified atom stereocenters. The van der Waals surface area contributed by atoms with Gasteiger partial charge in [0.15, 0.2) is 0 Å². The molecular formula is C20H24ClN5O2. The Hall–Kier alpha value is -2.67. The van der Waals surface area contributed by atoms with Crippen molar-refractivity contribution in [1.82, 2.24) is 25.3 Å². The maximum Gasteiger partial charge on any atom is 0.317 e. The first-order valence-corrected chi connectivity index (χ1v) is 9.65. The number of urea groups is 1. The van der Waals surface area contributed by atoms with E-state index >= 15 is 0 Å². The highest BCUT2D eigenvalue weighted by atomic mass is 35.5. The van der Waals surface area contributed by atoms with Gasteiger partial charge in [-0.05, 0) is 43.0 Å². The molecule has 0 saturated carbocycles. The van der Waals surface area contributed by atoms with Gasteiger partial charge in [0.05, 0.1) is 24.0 Å². The molecule has 0 aliphatic carbocycles. The predicted molar refractivity (Wildman–Crippen MR) is 107 cm³/mol. The lowest BCUT2D eigenvalue weighted by Gasteiger charge is -2.37. The van der Waals surface area contributed by atoms with E-state index in [1.165, 1.54) is 12.4 Å². The number of piperidine rings is 1. The normalized spacial score (nSPS) is 16.5. The van der Waals surface area contributed by atoms with Crippen molar-refractivity contribution in [3.8, 4) is 0 Å². The molecular weight excluding hydrogens is 378 g/mol. The van der Waals surface area contributed by atoms with Crippen LogP contribution >= 0.6 is 11.6 Å². The number of carbonyl (C=O) groups excluding carboxylic acids is 2. The van der Waals surface area contributed by atoms with Gasteiger partial charge < -0.3 is 15.1 Å². The number of benzene rings is 1. The molecule has 148 valence electrons. The molecule has 2 heterocycles. The van der Waals surface area contributed by atoms with E-state index in [4.69, 9.17) is 11.6 Å². The lowest BCUT2D eigenvalue weighted by molar-refractivity contribution is 0.0635. The SMILES string of the molecule is Cc1cc(CNC(=O)N(C)[C@@H]2CCCN(C(=O)c3ccnnc3)C2)ccc1Cl. The largest absolute Gasteiger partial charge is 0.337 e. The third kappa shape index (κ3) is 4.78. The van der Waals surface area contributed by atoms with Crippen molar-refractivity contribution in [3.05, 3.63) is 58.4 Å². The predicted octanol–water partition coefficient (Wildman–Crippen LogP) is 2.88. The van der Waals surface area contributed by atoms with E-state index in [9.17, 15) is 9.59 Å². The minimum absolute atomic E-state index is 0.0283. The molecule has 1 fully saturated rings. The molecule has 0 bridgehead atoms. The number of carbonyl (C=O) groups is 2. The molecule has 0 radical (unpaired) electrons. The molecule has 1 aromatic carbocycles. The van der Waals surface area contributed by atoms with Crippen LogP contribution in [0, 0.1) is 6.92 Å². The molecule has 2 aromatic rings. The van der Waals surface area contributed by atoms with Gasteiger partial charge in [-0.1, -0.05) is 23.7 Å². The smallest absolute Gasteiger partial charge is 0.317 e. The molecule has 28 heavy (non-hydrogen) atoms. The number of nitrogens with one attached hydrogen (secondary N) is 1. The summed E-state index contributed by atoms with van der Waals surface area (Å²) < 4.78 is 0. The summed E-state index contributed by atoms with van der Waals surface area (Å²) in [6.07, 6.45) is 4.69. The second-order valence-electron chi connectivity index (χ2n) is 7.03. The Labute approximate surface area is 169 Å². The number of hydrogen-bond acceptors (Lipinski definition) is 4. The van der Waals surface area contributed by atoms with Crippen molar-refractivity contribution < 1.29 is 9.59 Å². The van der Waals surface area contributed by atoms with Crippen LogP contribution in [0.4, 0.5) is 4.79 Å². The molecule has 1 aliphatic rings. The lowest BCUT2D eigenvalue weighted by atomic mass is 10.0. The van der Waals surface area contributed by atoms with Crippen molar-refractivity contribution in [2.75, 3.05) is 20.1 Å². The Morgan fingerprint density at radius 3 is 2.86 bits per heavy atom. The van der Waals surface area contributed by atoms with Gasteiger partial charge in [0.1, 0.15) is 0 Å². The summed E-state index contributed by atoms with van der Waals surface area (Å²) in [5.41, 5.74) is 2.49. The molecule has 1 saturated heterocycles. The molecule has 7 nitrogen and oxygen atoms in total. The molecule has 3 amide bonds. The number of likely N-dealkylation sites (N-methyl/N-ethyl adjacent to an activating group) is 1. The second-order valence-corrected chi connectivity index (χ2v) is 7.44. The molecule has 1 N–H and O–H groups in total. The standard InChI is InChI=1S/C20H24ClN5O2/c1-14-10-15(5-6-18(14)21)11-22-20(28)25(2)17-4-3-9-26(13-17)19(27)16-7-8-23-24-12-16/h5-8,10,12,17H,3-4,9,11,13H2,1-2H3,(H,22,28)/t17-/m1/s1. The van der Waals surface area contributed by atoms with Crippen LogP contribution in [0.5, 0.6) is 0 Å². The fraction of sp³-hybridized carbons (Fsp3) is 0.400. The number of nitrogens with zero attached hydrogens (tertiary/aromatic N) is 4. The van der Waals surface area contributed by atoms with Crippen molar-refractivity contribution in [3.63, 3.8) is 0 Å². The van der Waals surface area contributed by atoms with Gasteiger partial charge in [-0.2, -0.15) is 10.2 Å². The summed E-state index contributed by atoms with van der Waals surface area (Å²) >= 11 is 6.04. The third-order valence-corrected chi connectivity index (χ3v) is 5.47. The molecule has 1 aromatic heterocycles. The summed E-state index contributed by atoms with van der Waals surface area (Å²) in [6.45, 7) is 3.55. The number of hydrogen-bond donors (Lipinski definition) is 1. The quantitative estimate of drug-likeness (QED) is 0.854. The summed E-state index contributed by atoms with van der Waals surface area (Å²) in [5.74, 6) is -0.0787. The van der Waals surface area contributed by atoms with Crippen LogP contribution in [0.15, 0.2) is 36.7 Å². The maximum absolute atomic E-state index is 12.6. The van der Waals surface area contributed by atoms with Gasteiger partial charge in [0.25, 0.3) is 5.91 Å². The van der Waals surface area contributed by atoms with Gasteiger partial charge in [0.2, 0.25) is 0 Å². The zero-order valence-electron chi connectivity index (χ0n) is 16.1. The Morgan fingerprint density at radius 1 is 1.32 bits per heavy atom. The maximum atomic E-state index is 12.6. The molecule has 8 heteroatoms. The molecule has 3 rings (SSSR count). The number of halogens is 1. The van der Waals surface area contributed by atoms with Crippen molar-refractivity contribution in [1.29, 1.82) is 0 Å². The lowest BCUT2D eigenvalue weighted by Crippen LogP contribution is -2.52. The third-order valence-electron chi connectivity index (χ3n) is 5.05. The fourth-order valence-electron chi connectivity index (χ4n) is 3.34. The first-order chi connectivity index (χ1) is 13.5. The minimum Gasteiger partial charge on any atom is -0.337 e. The zero-order valence-corrected chi connectivity index (χ0v) is 16.8. The average Bonchev–Trinajstić information content (AvgIpc) is 2.74. The average molecular weight is 402 g/mol. The Bertz CT molecular complexity index is 846. The van der Waals surface area contributed by atoms with Crippen LogP contribution in [0.1, 0.15) is 34.3 Å². The van der Waals surface area contributed by atoms with Crippen LogP contribution in [0.25, 0.3) is 0 Å². The minimum atomic E-state index is -0.155. The molecule has 0 spiro atoms. The summed E-state index contributed by atoms with van der Waals surface area (Å²) in [6, 6.07) is 7.17. The number of rotatable bonds is 4. The van der Waals surface area contributed by atoms with E-state index < -0.39 is 0 Å². The van der Waals surface area contributed by atoms with E-state index in [1.807, 2.05) is 25.1 Å². The van der Waals surface area contributed by atoms with E-state index in [0.29, 0.717) is 30.2 Å². The highest BCUT2D eigenvalue weighted by Crippen LogP contribution is 2.18. The monoisotopic (exact) mass is 401 g/mol. The summed E-state index contributed by atoms with van der Waals surface area (Å²) in [7, 11) is 1.77. The van der Waals surface area contributed by atoms with Crippen LogP contribution < -0.4 is 5.32 Å². The second kappa shape index (κ2) is 9.01. The van der Waals surface area contributed by atoms with Crippen LogP contribution in [0.3, 0.4) is 0 Å². The molecule has 1 atom stereocenters. The molecule has 1 aliphatic heterocycles. The van der Waals surface area contributed by atoms with Crippen molar-refractivity contribution >= 4 is 23.5 Å². The summed E-state index contributed by atoms with van der Waals surface area (Å²) in [4.78, 5) is 28.7. The van der Waals surface area contributed by atoms with E-state index in [0.717, 1.165) is 24.0 Å². The van der Waals surface area contributed by atoms with E-state index in [-0.39, 0.29) is 18.0 Å². The van der Waals surface area contributed by atoms with E-state index in [2.05, 4.69) is 15.5 Å². The van der Waals surface area contributed by atoms with Gasteiger partial charge in [0, 0.05) is 31.7 Å². The number of aryl methyl sites for hydroxylation is 1. The van der Waals surface area contributed by atoms with Crippen LogP contribution in [-0.2, 0) is 6.54 Å². The fourth-order valence-corrected chi connectivity index (χ4v) is 3.46. The Kier molecular flexibility index (Phi) is 6.46. The topological polar surface area (TPSA) is 78.4 Å². The van der Waals surface area contributed by atoms with Gasteiger partial charge in [-0.3, -0.25) is 4.79 Å². The van der Waals surface area contributed by atoms with E-state index in [1.54, 1.807) is 22.9 Å². The van der Waals surface area contributed by atoms with Gasteiger partial charge in [-0.15, -0.1) is 0 Å². The Morgan fingerprint density at radius 2 is 2.14 bits per heavy atom. The summed E-state index contributed by atoms with van der Waals surface area (Å²) in [5, 5.41) is 11.1. The highest BCUT2D eigenvalue weighted by molar-refractivity contribution is 6.31. The van der Waals surface area contributed by atoms with Crippen molar-refractivity contribution in [2.24, 2.45) is 0 Å². The number of likely N-dealkylation sites (tertiary alicyclic amines) is 1. The van der Waals surface area contributed by atoms with Gasteiger partial charge >= 0.3 is 6.03 Å². The Balaban J connectivity index is 1.56. The van der Waals surface area contributed by atoms with Gasteiger partial charge in [-0.25, -0.2) is 4.79 Å². The highest BCUT2D eigenvalue weighted by Gasteiger charge is 2.29. The number of aromatic nitrogens is 2. The zero-order chi connectivity index (χ0) is 20.1. The van der Waals surface area contributed by atoms with Crippen LogP contribution in [-0.4, -0.2) is 58.1 Å². The van der Waals surface area contributed by atoms with Crippen molar-refractivity contribution in [2.45, 2.75) is 32.4 Å². The first kappa shape index (κ1) is 20.1.